The van der Waals surface area contributed by atoms with Gasteiger partial charge in [-0.1, -0.05) is 42.9 Å². The van der Waals surface area contributed by atoms with Crippen molar-refractivity contribution in [2.24, 2.45) is 0 Å². The zero-order valence-electron chi connectivity index (χ0n) is 16.2. The first-order chi connectivity index (χ1) is 13.6. The lowest BCUT2D eigenvalue weighted by Gasteiger charge is -2.25. The van der Waals surface area contributed by atoms with Crippen LogP contribution in [0.4, 0.5) is 10.3 Å². The van der Waals surface area contributed by atoms with Gasteiger partial charge in [-0.05, 0) is 32.1 Å². The van der Waals surface area contributed by atoms with Crippen molar-refractivity contribution in [3.8, 4) is 0 Å². The van der Waals surface area contributed by atoms with Gasteiger partial charge in [-0.2, -0.15) is 0 Å². The number of rotatable bonds is 8. The van der Waals surface area contributed by atoms with E-state index in [1.54, 1.807) is 0 Å². The van der Waals surface area contributed by atoms with Gasteiger partial charge in [0.2, 0.25) is 22.1 Å². The minimum absolute atomic E-state index is 0.0155. The van der Waals surface area contributed by atoms with Crippen LogP contribution in [0.15, 0.2) is 0 Å². The second kappa shape index (κ2) is 10.0. The average Bonchev–Trinajstić information content (AvgIpc) is 3.32. The lowest BCUT2D eigenvalue weighted by molar-refractivity contribution is -0.117. The first-order valence-electron chi connectivity index (χ1n) is 9.85. The molecule has 8 nitrogen and oxygen atoms in total. The summed E-state index contributed by atoms with van der Waals surface area (Å²) in [5.74, 6) is 0.599. The van der Waals surface area contributed by atoms with Crippen LogP contribution in [-0.4, -0.2) is 32.2 Å². The minimum atomic E-state index is -0.0155. The summed E-state index contributed by atoms with van der Waals surface area (Å²) in [5, 5.41) is 25.6. The van der Waals surface area contributed by atoms with Crippen molar-refractivity contribution in [3.05, 3.63) is 10.0 Å². The number of hydrogen-bond donors (Lipinski definition) is 2. The van der Waals surface area contributed by atoms with Gasteiger partial charge in [0.1, 0.15) is 10.0 Å². The summed E-state index contributed by atoms with van der Waals surface area (Å²) in [6.45, 7) is 3.95. The van der Waals surface area contributed by atoms with E-state index in [1.807, 2.05) is 13.8 Å². The summed E-state index contributed by atoms with van der Waals surface area (Å²) < 4.78 is 0. The van der Waals surface area contributed by atoms with Crippen LogP contribution in [0.3, 0.4) is 0 Å². The van der Waals surface area contributed by atoms with Gasteiger partial charge in [0.05, 0.1) is 0 Å². The molecule has 2 atom stereocenters. The highest BCUT2D eigenvalue weighted by atomic mass is 32.1. The molecule has 0 unspecified atom stereocenters. The van der Waals surface area contributed by atoms with E-state index in [4.69, 9.17) is 0 Å². The summed E-state index contributed by atoms with van der Waals surface area (Å²) in [7, 11) is 0. The molecule has 1 saturated carbocycles. The van der Waals surface area contributed by atoms with E-state index in [2.05, 4.69) is 31.0 Å². The van der Waals surface area contributed by atoms with Crippen LogP contribution in [0.25, 0.3) is 0 Å². The Hall–Kier alpha value is -1.94. The molecule has 2 amide bonds. The van der Waals surface area contributed by atoms with Crippen LogP contribution in [-0.2, 0) is 9.59 Å². The third kappa shape index (κ3) is 5.54. The van der Waals surface area contributed by atoms with E-state index in [-0.39, 0.29) is 11.8 Å². The molecule has 1 aliphatic carbocycles. The fraction of sp³-hybridized carbons (Fsp3) is 0.667. The second-order valence-electron chi connectivity index (χ2n) is 7.05. The summed E-state index contributed by atoms with van der Waals surface area (Å²) in [6.07, 6.45) is 6.76. The van der Waals surface area contributed by atoms with Gasteiger partial charge >= 0.3 is 0 Å². The Morgan fingerprint density at radius 3 is 1.75 bits per heavy atom. The van der Waals surface area contributed by atoms with Crippen molar-refractivity contribution in [1.82, 2.24) is 20.4 Å². The number of carbonyl (C=O) groups is 2. The molecule has 10 heteroatoms. The number of nitrogens with one attached hydrogen (secondary N) is 2. The molecular weight excluding hydrogens is 396 g/mol. The highest BCUT2D eigenvalue weighted by molar-refractivity contribution is 7.15. The van der Waals surface area contributed by atoms with E-state index in [9.17, 15) is 9.59 Å². The van der Waals surface area contributed by atoms with Crippen LogP contribution < -0.4 is 10.6 Å². The maximum absolute atomic E-state index is 11.7. The molecule has 2 aromatic rings. The Labute approximate surface area is 172 Å². The van der Waals surface area contributed by atoms with E-state index in [0.717, 1.165) is 48.5 Å². The Kier molecular flexibility index (Phi) is 7.43. The van der Waals surface area contributed by atoms with Gasteiger partial charge in [-0.25, -0.2) is 0 Å². The van der Waals surface area contributed by atoms with Crippen LogP contribution in [0.1, 0.15) is 87.1 Å². The number of amides is 2. The van der Waals surface area contributed by atoms with Crippen LogP contribution in [0.2, 0.25) is 0 Å². The molecule has 0 aromatic carbocycles. The maximum Gasteiger partial charge on any atom is 0.226 e. The molecule has 2 heterocycles. The lowest BCUT2D eigenvalue weighted by atomic mass is 9.82. The molecule has 1 fully saturated rings. The van der Waals surface area contributed by atoms with Gasteiger partial charge in [0, 0.05) is 24.7 Å². The van der Waals surface area contributed by atoms with E-state index >= 15 is 0 Å². The van der Waals surface area contributed by atoms with Crippen molar-refractivity contribution in [2.45, 2.75) is 77.0 Å². The molecule has 0 spiro atoms. The highest BCUT2D eigenvalue weighted by Gasteiger charge is 2.29. The first kappa shape index (κ1) is 20.8. The third-order valence-corrected chi connectivity index (χ3v) is 6.70. The number of hydrogen-bond acceptors (Lipinski definition) is 8. The fourth-order valence-electron chi connectivity index (χ4n) is 3.36. The quantitative estimate of drug-likeness (QED) is 0.656. The van der Waals surface area contributed by atoms with Gasteiger partial charge in [-0.3, -0.25) is 9.59 Å². The van der Waals surface area contributed by atoms with E-state index in [0.29, 0.717) is 34.9 Å². The maximum atomic E-state index is 11.7. The van der Waals surface area contributed by atoms with Crippen LogP contribution in [0.5, 0.6) is 0 Å². The molecule has 2 N–H and O–H groups in total. The Balaban J connectivity index is 1.60. The predicted octanol–water partition coefficient (Wildman–Crippen LogP) is 4.31. The monoisotopic (exact) mass is 422 g/mol. The zero-order chi connectivity index (χ0) is 19.9. The SMILES string of the molecule is CCCC(=O)Nc1nnc([C@@H]2CCC[C@@H](c3nnc(NC(=O)CCC)s3)C2)s1. The van der Waals surface area contributed by atoms with Crippen molar-refractivity contribution < 1.29 is 9.59 Å². The molecule has 1 aliphatic rings. The van der Waals surface area contributed by atoms with Gasteiger partial charge in [-0.15, -0.1) is 20.4 Å². The number of anilines is 2. The van der Waals surface area contributed by atoms with Crippen molar-refractivity contribution in [2.75, 3.05) is 10.6 Å². The molecule has 152 valence electrons. The Morgan fingerprint density at radius 2 is 1.32 bits per heavy atom. The second-order valence-corrected chi connectivity index (χ2v) is 9.07. The van der Waals surface area contributed by atoms with Crippen molar-refractivity contribution in [1.29, 1.82) is 0 Å². The Morgan fingerprint density at radius 1 is 0.857 bits per heavy atom. The predicted molar refractivity (Wildman–Crippen MR) is 111 cm³/mol. The molecule has 28 heavy (non-hydrogen) atoms. The molecule has 0 bridgehead atoms. The number of aromatic nitrogens is 4. The fourth-order valence-corrected chi connectivity index (χ4v) is 5.17. The molecule has 0 saturated heterocycles. The molecule has 3 rings (SSSR count). The topological polar surface area (TPSA) is 110 Å². The lowest BCUT2D eigenvalue weighted by Crippen LogP contribution is -2.12. The van der Waals surface area contributed by atoms with Crippen LogP contribution in [0, 0.1) is 0 Å². The van der Waals surface area contributed by atoms with Gasteiger partial charge in [0.15, 0.2) is 0 Å². The summed E-state index contributed by atoms with van der Waals surface area (Å²) in [4.78, 5) is 23.5. The van der Waals surface area contributed by atoms with Crippen LogP contribution >= 0.6 is 22.7 Å². The van der Waals surface area contributed by atoms with Gasteiger partial charge < -0.3 is 10.6 Å². The van der Waals surface area contributed by atoms with Crippen molar-refractivity contribution >= 4 is 44.8 Å². The normalized spacial score (nSPS) is 19.4. The molecular formula is C18H26N6O2S2. The minimum Gasteiger partial charge on any atom is -0.301 e. The summed E-state index contributed by atoms with van der Waals surface area (Å²) in [6, 6.07) is 0. The third-order valence-electron chi connectivity index (χ3n) is 4.70. The average molecular weight is 423 g/mol. The smallest absolute Gasteiger partial charge is 0.226 e. The molecule has 2 aromatic heterocycles. The van der Waals surface area contributed by atoms with E-state index < -0.39 is 0 Å². The summed E-state index contributed by atoms with van der Waals surface area (Å²) in [5.41, 5.74) is 0. The first-order valence-corrected chi connectivity index (χ1v) is 11.5. The summed E-state index contributed by atoms with van der Waals surface area (Å²) >= 11 is 2.93. The Bertz CT molecular complexity index is 741. The van der Waals surface area contributed by atoms with Gasteiger partial charge in [0.25, 0.3) is 0 Å². The number of nitrogens with zero attached hydrogens (tertiary/aromatic N) is 4. The number of carbonyl (C=O) groups excluding carboxylic acids is 2. The van der Waals surface area contributed by atoms with E-state index in [1.165, 1.54) is 22.7 Å². The largest absolute Gasteiger partial charge is 0.301 e. The molecule has 0 radical (unpaired) electrons. The molecule has 0 aliphatic heterocycles. The highest BCUT2D eigenvalue weighted by Crippen LogP contribution is 2.43. The standard InChI is InChI=1S/C18H26N6O2S2/c1-3-6-13(25)19-17-23-21-15(27-17)11-8-5-9-12(10-11)16-22-24-18(28-16)20-14(26)7-4-2/h11-12H,3-10H2,1-2H3,(H,19,23,25)(H,20,24,26)/t11-,12-/m1/s1. The zero-order valence-corrected chi connectivity index (χ0v) is 17.9. The van der Waals surface area contributed by atoms with Crippen molar-refractivity contribution in [3.63, 3.8) is 0 Å².